The van der Waals surface area contributed by atoms with Crippen LogP contribution in [0.2, 0.25) is 0 Å². The molecular weight excluding hydrogens is 623 g/mol. The first-order valence-electron chi connectivity index (χ1n) is 17.0. The van der Waals surface area contributed by atoms with Crippen LogP contribution in [0.25, 0.3) is 44.8 Å². The maximum atomic E-state index is 5.18. The highest BCUT2D eigenvalue weighted by atomic mass is 32.2. The van der Waals surface area contributed by atoms with Crippen molar-refractivity contribution in [2.45, 2.75) is 15.2 Å². The van der Waals surface area contributed by atoms with Crippen molar-refractivity contribution < 1.29 is 0 Å². The molecule has 0 radical (unpaired) electrons. The number of benzene rings is 7. The summed E-state index contributed by atoms with van der Waals surface area (Å²) in [4.78, 5) is 7.76. The highest BCUT2D eigenvalue weighted by Gasteiger charge is 2.44. The van der Waals surface area contributed by atoms with Gasteiger partial charge in [0.15, 0.2) is 0 Å². The van der Waals surface area contributed by atoms with Gasteiger partial charge in [-0.05, 0) is 62.7 Å². The van der Waals surface area contributed by atoms with Crippen LogP contribution in [0.15, 0.2) is 210 Å². The molecule has 0 bridgehead atoms. The van der Waals surface area contributed by atoms with Crippen molar-refractivity contribution in [1.29, 1.82) is 0 Å². The van der Waals surface area contributed by atoms with Gasteiger partial charge in [0.05, 0.1) is 16.8 Å². The number of hydrogen-bond acceptors (Lipinski definition) is 2. The molecule has 0 fully saturated rings. The summed E-state index contributed by atoms with van der Waals surface area (Å²) < 4.78 is 0. The molecule has 0 saturated carbocycles. The Kier molecular flexibility index (Phi) is 7.72. The van der Waals surface area contributed by atoms with Crippen molar-refractivity contribution in [3.63, 3.8) is 0 Å². The minimum Gasteiger partial charge on any atom is -0.248 e. The fourth-order valence-corrected chi connectivity index (χ4v) is 8.83. The SMILES string of the molecule is c1ccc(-c2cc(-c3ccccc3)nc(-c3ccc(-c4cccc5c4Sc4ccccc4C5(c4ccccc4)c4ccccc4)cc3)c2)cc1. The number of pyridine rings is 1. The molecule has 236 valence electrons. The molecule has 1 nitrogen and oxygen atoms in total. The van der Waals surface area contributed by atoms with Gasteiger partial charge in [-0.2, -0.15) is 0 Å². The number of aromatic nitrogens is 1. The first kappa shape index (κ1) is 30.1. The molecule has 7 aromatic carbocycles. The van der Waals surface area contributed by atoms with Gasteiger partial charge in [-0.25, -0.2) is 4.98 Å². The molecule has 8 aromatic rings. The summed E-state index contributed by atoms with van der Waals surface area (Å²) in [6.45, 7) is 0. The van der Waals surface area contributed by atoms with E-state index < -0.39 is 5.41 Å². The average molecular weight is 656 g/mol. The fourth-order valence-electron chi connectivity index (χ4n) is 7.51. The van der Waals surface area contributed by atoms with Crippen LogP contribution in [-0.2, 0) is 5.41 Å². The molecule has 0 spiro atoms. The molecule has 0 N–H and O–H groups in total. The largest absolute Gasteiger partial charge is 0.248 e. The smallest absolute Gasteiger partial charge is 0.0723 e. The van der Waals surface area contributed by atoms with E-state index in [1.54, 1.807) is 0 Å². The topological polar surface area (TPSA) is 12.9 Å². The summed E-state index contributed by atoms with van der Waals surface area (Å²) in [5, 5.41) is 0. The molecule has 0 saturated heterocycles. The molecule has 0 unspecified atom stereocenters. The standard InChI is InChI=1S/C48H33NS/c1-5-16-34(17-6-1)38-32-44(36-18-7-2-8-19-36)49-45(33-38)37-30-28-35(29-31-37)41-24-15-26-43-47(41)50-46-27-14-13-25-42(46)48(43,39-20-9-3-10-21-39)40-22-11-4-12-23-40/h1-33H. The maximum Gasteiger partial charge on any atom is 0.0723 e. The summed E-state index contributed by atoms with van der Waals surface area (Å²) in [5.41, 5.74) is 13.6. The highest BCUT2D eigenvalue weighted by molar-refractivity contribution is 7.99. The van der Waals surface area contributed by atoms with Gasteiger partial charge in [0.25, 0.3) is 0 Å². The van der Waals surface area contributed by atoms with Crippen LogP contribution in [0.1, 0.15) is 22.3 Å². The zero-order valence-electron chi connectivity index (χ0n) is 27.4. The molecule has 2 heterocycles. The Labute approximate surface area is 298 Å². The molecule has 1 aromatic heterocycles. The second-order valence-corrected chi connectivity index (χ2v) is 13.8. The minimum atomic E-state index is -0.453. The lowest BCUT2D eigenvalue weighted by atomic mass is 9.64. The highest BCUT2D eigenvalue weighted by Crippen LogP contribution is 2.57. The Balaban J connectivity index is 1.19. The molecule has 0 amide bonds. The average Bonchev–Trinajstić information content (AvgIpc) is 3.21. The molecule has 1 aliphatic rings. The zero-order chi connectivity index (χ0) is 33.3. The van der Waals surface area contributed by atoms with E-state index in [-0.39, 0.29) is 0 Å². The molecule has 50 heavy (non-hydrogen) atoms. The predicted molar refractivity (Wildman–Crippen MR) is 208 cm³/mol. The Morgan fingerprint density at radius 3 is 1.46 bits per heavy atom. The van der Waals surface area contributed by atoms with Crippen LogP contribution < -0.4 is 0 Å². The first-order chi connectivity index (χ1) is 24.8. The van der Waals surface area contributed by atoms with Gasteiger partial charge in [0.1, 0.15) is 0 Å². The third-order valence-corrected chi connectivity index (χ3v) is 11.0. The van der Waals surface area contributed by atoms with E-state index in [0.717, 1.165) is 28.1 Å². The third kappa shape index (κ3) is 5.17. The Bertz CT molecular complexity index is 2320. The van der Waals surface area contributed by atoms with Crippen molar-refractivity contribution in [2.75, 3.05) is 0 Å². The van der Waals surface area contributed by atoms with Crippen molar-refractivity contribution in [2.24, 2.45) is 0 Å². The third-order valence-electron chi connectivity index (χ3n) is 9.83. The molecule has 0 atom stereocenters. The summed E-state index contributed by atoms with van der Waals surface area (Å²) in [5.74, 6) is 0. The Hall–Kier alpha value is -5.96. The maximum absolute atomic E-state index is 5.18. The second-order valence-electron chi connectivity index (χ2n) is 12.7. The van der Waals surface area contributed by atoms with Gasteiger partial charge in [0, 0.05) is 20.9 Å². The fraction of sp³-hybridized carbons (Fsp3) is 0.0208. The minimum absolute atomic E-state index is 0.453. The first-order valence-corrected chi connectivity index (χ1v) is 17.9. The van der Waals surface area contributed by atoms with Crippen molar-refractivity contribution in [3.8, 4) is 44.8 Å². The van der Waals surface area contributed by atoms with Gasteiger partial charge >= 0.3 is 0 Å². The lowest BCUT2D eigenvalue weighted by molar-refractivity contribution is 0.703. The van der Waals surface area contributed by atoms with E-state index in [1.807, 2.05) is 17.8 Å². The Morgan fingerprint density at radius 1 is 0.360 bits per heavy atom. The Morgan fingerprint density at radius 2 is 0.840 bits per heavy atom. The summed E-state index contributed by atoms with van der Waals surface area (Å²) in [6, 6.07) is 72.2. The van der Waals surface area contributed by atoms with Gasteiger partial charge in [-0.15, -0.1) is 0 Å². The van der Waals surface area contributed by atoms with E-state index in [2.05, 4.69) is 194 Å². The normalized spacial score (nSPS) is 12.9. The van der Waals surface area contributed by atoms with E-state index in [0.29, 0.717) is 0 Å². The molecule has 0 aliphatic carbocycles. The quantitative estimate of drug-likeness (QED) is 0.177. The monoisotopic (exact) mass is 655 g/mol. The number of hydrogen-bond donors (Lipinski definition) is 0. The molecular formula is C48H33NS. The van der Waals surface area contributed by atoms with E-state index in [9.17, 15) is 0 Å². The van der Waals surface area contributed by atoms with Gasteiger partial charge < -0.3 is 0 Å². The zero-order valence-corrected chi connectivity index (χ0v) is 28.2. The van der Waals surface area contributed by atoms with Crippen molar-refractivity contribution >= 4 is 11.8 Å². The molecule has 2 heteroatoms. The summed E-state index contributed by atoms with van der Waals surface area (Å²) in [7, 11) is 0. The van der Waals surface area contributed by atoms with Crippen LogP contribution in [0, 0.1) is 0 Å². The number of fused-ring (bicyclic) bond motifs is 2. The lowest BCUT2D eigenvalue weighted by Crippen LogP contribution is -2.34. The van der Waals surface area contributed by atoms with Crippen molar-refractivity contribution in [1.82, 2.24) is 4.98 Å². The second kappa shape index (κ2) is 12.8. The summed E-state index contributed by atoms with van der Waals surface area (Å²) >= 11 is 1.88. The molecule has 9 rings (SSSR count). The van der Waals surface area contributed by atoms with E-state index >= 15 is 0 Å². The van der Waals surface area contributed by atoms with Crippen LogP contribution in [0.5, 0.6) is 0 Å². The van der Waals surface area contributed by atoms with E-state index in [1.165, 1.54) is 48.7 Å². The van der Waals surface area contributed by atoms with Crippen LogP contribution >= 0.6 is 11.8 Å². The van der Waals surface area contributed by atoms with Crippen LogP contribution in [-0.4, -0.2) is 4.98 Å². The molecule has 1 aliphatic heterocycles. The number of nitrogens with zero attached hydrogens (tertiary/aromatic N) is 1. The van der Waals surface area contributed by atoms with Crippen LogP contribution in [0.3, 0.4) is 0 Å². The van der Waals surface area contributed by atoms with E-state index in [4.69, 9.17) is 4.98 Å². The van der Waals surface area contributed by atoms with Gasteiger partial charge in [-0.3, -0.25) is 0 Å². The van der Waals surface area contributed by atoms with Crippen LogP contribution in [0.4, 0.5) is 0 Å². The number of rotatable bonds is 6. The lowest BCUT2D eigenvalue weighted by Gasteiger charge is -2.42. The van der Waals surface area contributed by atoms with Crippen molar-refractivity contribution in [3.05, 3.63) is 222 Å². The summed E-state index contributed by atoms with van der Waals surface area (Å²) in [6.07, 6.45) is 0. The van der Waals surface area contributed by atoms with Gasteiger partial charge in [-0.1, -0.05) is 194 Å². The predicted octanol–water partition coefficient (Wildman–Crippen LogP) is 12.6. The van der Waals surface area contributed by atoms with Gasteiger partial charge in [0.2, 0.25) is 0 Å².